The largest absolute Gasteiger partial charge is 0.451 e. The summed E-state index contributed by atoms with van der Waals surface area (Å²) in [5.74, 6) is 1.01. The summed E-state index contributed by atoms with van der Waals surface area (Å²) in [6, 6.07) is 13.0. The number of amides is 1. The van der Waals surface area contributed by atoms with E-state index in [1.807, 2.05) is 37.3 Å². The summed E-state index contributed by atoms with van der Waals surface area (Å²) in [5, 5.41) is 6.63. The van der Waals surface area contributed by atoms with Crippen LogP contribution in [0, 0.1) is 6.92 Å². The van der Waals surface area contributed by atoms with Gasteiger partial charge in [-0.1, -0.05) is 29.8 Å². The van der Waals surface area contributed by atoms with Crippen LogP contribution < -0.4 is 10.6 Å². The zero-order chi connectivity index (χ0) is 15.1. The minimum Gasteiger partial charge on any atom is -0.451 e. The lowest BCUT2D eigenvalue weighted by Gasteiger charge is -2.20. The van der Waals surface area contributed by atoms with E-state index in [1.54, 1.807) is 6.07 Å². The Hall–Kier alpha value is -1.78. The highest BCUT2D eigenvalue weighted by Crippen LogP contribution is 2.29. The first-order valence-electron chi connectivity index (χ1n) is 7.93. The second kappa shape index (κ2) is 6.38. The average molecular weight is 333 g/mol. The van der Waals surface area contributed by atoms with Crippen LogP contribution in [0.25, 0.3) is 11.3 Å². The van der Waals surface area contributed by atoms with E-state index >= 15 is 0 Å². The smallest absolute Gasteiger partial charge is 0.287 e. The van der Waals surface area contributed by atoms with Crippen LogP contribution in [0.1, 0.15) is 35.4 Å². The number of aryl methyl sites for hydroxylation is 1. The van der Waals surface area contributed by atoms with Crippen LogP contribution in [-0.2, 0) is 0 Å². The lowest BCUT2D eigenvalue weighted by Crippen LogP contribution is -2.42. The van der Waals surface area contributed by atoms with Crippen LogP contribution >= 0.6 is 12.4 Å². The molecule has 3 heterocycles. The van der Waals surface area contributed by atoms with Crippen molar-refractivity contribution in [3.05, 3.63) is 47.7 Å². The molecular formula is C18H21ClN2O2. The van der Waals surface area contributed by atoms with Crippen molar-refractivity contribution >= 4 is 18.3 Å². The van der Waals surface area contributed by atoms with Gasteiger partial charge in [0.2, 0.25) is 0 Å². The van der Waals surface area contributed by atoms with Gasteiger partial charge in [0, 0.05) is 23.7 Å². The van der Waals surface area contributed by atoms with Gasteiger partial charge >= 0.3 is 0 Å². The molecule has 2 aliphatic heterocycles. The molecule has 2 saturated heterocycles. The van der Waals surface area contributed by atoms with Gasteiger partial charge in [-0.15, -0.1) is 12.4 Å². The molecule has 2 aromatic rings. The number of carbonyl (C=O) groups is 1. The Kier molecular flexibility index (Phi) is 4.46. The molecule has 2 bridgehead atoms. The van der Waals surface area contributed by atoms with Crippen molar-refractivity contribution in [3.63, 3.8) is 0 Å². The molecular weight excluding hydrogens is 312 g/mol. The van der Waals surface area contributed by atoms with Gasteiger partial charge in [-0.2, -0.15) is 0 Å². The van der Waals surface area contributed by atoms with E-state index in [1.165, 1.54) is 12.0 Å². The molecule has 2 unspecified atom stereocenters. The maximum absolute atomic E-state index is 12.3. The molecule has 23 heavy (non-hydrogen) atoms. The standard InChI is InChI=1S/C18H20N2O2.ClH/c1-11-2-4-12(5-3-11)16-8-9-17(22-16)18(21)20-15-10-13-6-7-14(15)19-13;/h2-5,8-9,13-15,19H,6-7,10H2,1H3,(H,20,21);1H/t13?,14?,15-;/m1./s1. The third-order valence-electron chi connectivity index (χ3n) is 4.78. The molecule has 3 atom stereocenters. The number of carbonyl (C=O) groups excluding carboxylic acids is 1. The molecule has 2 N–H and O–H groups in total. The van der Waals surface area contributed by atoms with Crippen LogP contribution in [0.3, 0.4) is 0 Å². The fourth-order valence-corrected chi connectivity index (χ4v) is 3.56. The van der Waals surface area contributed by atoms with Crippen molar-refractivity contribution < 1.29 is 9.21 Å². The molecule has 5 heteroatoms. The Morgan fingerprint density at radius 3 is 2.61 bits per heavy atom. The molecule has 0 radical (unpaired) electrons. The molecule has 1 aromatic carbocycles. The van der Waals surface area contributed by atoms with Crippen LogP contribution in [0.15, 0.2) is 40.8 Å². The van der Waals surface area contributed by atoms with Gasteiger partial charge < -0.3 is 15.1 Å². The van der Waals surface area contributed by atoms with Gasteiger partial charge in [-0.05, 0) is 38.3 Å². The Balaban J connectivity index is 0.00000156. The SMILES string of the molecule is Cc1ccc(-c2ccc(C(=O)N[C@@H]3CC4CCC3N4)o2)cc1.Cl. The van der Waals surface area contributed by atoms with Crippen LogP contribution in [0.5, 0.6) is 0 Å². The van der Waals surface area contributed by atoms with Gasteiger partial charge in [-0.25, -0.2) is 0 Å². The normalized spacial score (nSPS) is 25.2. The molecule has 0 saturated carbocycles. The Bertz CT molecular complexity index is 695. The summed E-state index contributed by atoms with van der Waals surface area (Å²) < 4.78 is 5.73. The number of hydrogen-bond acceptors (Lipinski definition) is 3. The highest BCUT2D eigenvalue weighted by Gasteiger charge is 2.39. The summed E-state index contributed by atoms with van der Waals surface area (Å²) >= 11 is 0. The first-order chi connectivity index (χ1) is 10.7. The number of nitrogens with one attached hydrogen (secondary N) is 2. The Labute approximate surface area is 142 Å². The van der Waals surface area contributed by atoms with E-state index in [4.69, 9.17) is 4.42 Å². The molecule has 122 valence electrons. The Morgan fingerprint density at radius 2 is 1.96 bits per heavy atom. The van der Waals surface area contributed by atoms with E-state index in [9.17, 15) is 4.79 Å². The van der Waals surface area contributed by atoms with Crippen molar-refractivity contribution in [3.8, 4) is 11.3 Å². The fourth-order valence-electron chi connectivity index (χ4n) is 3.56. The van der Waals surface area contributed by atoms with E-state index in [0.29, 0.717) is 17.8 Å². The summed E-state index contributed by atoms with van der Waals surface area (Å²) in [5.41, 5.74) is 2.20. The molecule has 2 aliphatic rings. The lowest BCUT2D eigenvalue weighted by atomic mass is 9.95. The molecule has 4 nitrogen and oxygen atoms in total. The molecule has 4 rings (SSSR count). The molecule has 0 aliphatic carbocycles. The number of benzene rings is 1. The highest BCUT2D eigenvalue weighted by molar-refractivity contribution is 5.92. The summed E-state index contributed by atoms with van der Waals surface area (Å²) in [7, 11) is 0. The number of halogens is 1. The van der Waals surface area contributed by atoms with Gasteiger partial charge in [-0.3, -0.25) is 4.79 Å². The van der Waals surface area contributed by atoms with E-state index in [2.05, 4.69) is 10.6 Å². The minimum absolute atomic E-state index is 0. The third-order valence-corrected chi connectivity index (χ3v) is 4.78. The van der Waals surface area contributed by atoms with E-state index in [-0.39, 0.29) is 24.4 Å². The number of fused-ring (bicyclic) bond motifs is 2. The van der Waals surface area contributed by atoms with Crippen molar-refractivity contribution in [1.29, 1.82) is 0 Å². The van der Waals surface area contributed by atoms with E-state index < -0.39 is 0 Å². The highest BCUT2D eigenvalue weighted by atomic mass is 35.5. The summed E-state index contributed by atoms with van der Waals surface area (Å²) in [6.45, 7) is 2.05. The van der Waals surface area contributed by atoms with Gasteiger partial charge in [0.25, 0.3) is 5.91 Å². The summed E-state index contributed by atoms with van der Waals surface area (Å²) in [4.78, 5) is 12.3. The topological polar surface area (TPSA) is 54.3 Å². The average Bonchev–Trinajstić information content (AvgIpc) is 3.24. The van der Waals surface area contributed by atoms with Gasteiger partial charge in [0.1, 0.15) is 5.76 Å². The van der Waals surface area contributed by atoms with Crippen molar-refractivity contribution in [2.75, 3.05) is 0 Å². The van der Waals surface area contributed by atoms with Crippen molar-refractivity contribution in [2.45, 2.75) is 44.3 Å². The van der Waals surface area contributed by atoms with Crippen LogP contribution in [-0.4, -0.2) is 24.0 Å². The molecule has 1 amide bonds. The van der Waals surface area contributed by atoms with Crippen LogP contribution in [0.2, 0.25) is 0 Å². The lowest BCUT2D eigenvalue weighted by molar-refractivity contribution is 0.0903. The predicted octanol–water partition coefficient (Wildman–Crippen LogP) is 3.30. The quantitative estimate of drug-likeness (QED) is 0.906. The zero-order valence-corrected chi connectivity index (χ0v) is 13.9. The van der Waals surface area contributed by atoms with Gasteiger partial charge in [0.05, 0.1) is 0 Å². The van der Waals surface area contributed by atoms with Crippen LogP contribution in [0.4, 0.5) is 0 Å². The van der Waals surface area contributed by atoms with E-state index in [0.717, 1.165) is 24.2 Å². The second-order valence-corrected chi connectivity index (χ2v) is 6.39. The maximum Gasteiger partial charge on any atom is 0.287 e. The third kappa shape index (κ3) is 3.14. The number of furan rings is 1. The first-order valence-corrected chi connectivity index (χ1v) is 7.93. The first kappa shape index (κ1) is 16.1. The minimum atomic E-state index is -0.113. The number of hydrogen-bond donors (Lipinski definition) is 2. The fraction of sp³-hybridized carbons (Fsp3) is 0.389. The Morgan fingerprint density at radius 1 is 1.17 bits per heavy atom. The van der Waals surface area contributed by atoms with Crippen molar-refractivity contribution in [1.82, 2.24) is 10.6 Å². The van der Waals surface area contributed by atoms with Gasteiger partial charge in [0.15, 0.2) is 5.76 Å². The summed E-state index contributed by atoms with van der Waals surface area (Å²) in [6.07, 6.45) is 3.42. The molecule has 2 fully saturated rings. The zero-order valence-electron chi connectivity index (χ0n) is 13.0. The molecule has 1 aromatic heterocycles. The number of rotatable bonds is 3. The monoisotopic (exact) mass is 332 g/mol. The molecule has 0 spiro atoms. The second-order valence-electron chi connectivity index (χ2n) is 6.39. The van der Waals surface area contributed by atoms with Crippen molar-refractivity contribution in [2.24, 2.45) is 0 Å². The maximum atomic E-state index is 12.3. The predicted molar refractivity (Wildman–Crippen MR) is 91.9 cm³/mol.